The number of halogens is 1. The Morgan fingerprint density at radius 3 is 0.952 bits per heavy atom. The number of aromatic amines is 2. The lowest BCUT2D eigenvalue weighted by atomic mass is 9.97. The van der Waals surface area contributed by atoms with Gasteiger partial charge < -0.3 is 9.97 Å². The third-order valence-corrected chi connectivity index (χ3v) is 8.97. The van der Waals surface area contributed by atoms with E-state index in [0.29, 0.717) is 0 Å². The molecule has 2 aliphatic rings. The third-order valence-electron chi connectivity index (χ3n) is 8.97. The molecule has 5 rings (SSSR count). The lowest BCUT2D eigenvalue weighted by Crippen LogP contribution is -1.87. The molecule has 0 fully saturated rings. The van der Waals surface area contributed by atoms with Crippen molar-refractivity contribution in [3.8, 4) is 0 Å². The van der Waals surface area contributed by atoms with Gasteiger partial charge in [0.1, 0.15) is 0 Å². The van der Waals surface area contributed by atoms with E-state index in [1.807, 2.05) is 15.4 Å². The number of aryl methyl sites for hydroxylation is 4. The molecule has 0 saturated heterocycles. The quantitative estimate of drug-likeness (QED) is 0.254. The summed E-state index contributed by atoms with van der Waals surface area (Å²) in [5.74, 6) is 0. The van der Waals surface area contributed by atoms with E-state index in [9.17, 15) is 0 Å². The Labute approximate surface area is 264 Å². The van der Waals surface area contributed by atoms with Gasteiger partial charge in [0.2, 0.25) is 0 Å². The molecule has 0 unspecified atom stereocenters. The van der Waals surface area contributed by atoms with Crippen LogP contribution in [-0.4, -0.2) is 35.3 Å². The largest absolute Gasteiger partial charge is 0.355 e. The molecule has 0 amide bonds. The van der Waals surface area contributed by atoms with Crippen molar-refractivity contribution in [3.63, 3.8) is 0 Å². The average molecular weight is 597 g/mol. The minimum Gasteiger partial charge on any atom is -0.355 e. The fourth-order valence-corrected chi connectivity index (χ4v) is 7.10. The van der Waals surface area contributed by atoms with Crippen LogP contribution in [0.1, 0.15) is 126 Å². The molecule has 0 aromatic carbocycles. The molecule has 220 valence electrons. The number of H-pyrrole nitrogens is 2. The standard InChI is InChI=1S/C36H46N4.Al.ClH/c1-9-21-22(10-2)30-18-32-25(13-5)26(14-6)34(39-32)20-36-28(16-8)27(15-7)35(40-36)19-33-24(12-4)23(11-3)31(38-33)17-29(21)37-30;;/h17-20,37-38H,9-16H2,1-8H3;;1H/q;+1;/p-1. The lowest BCUT2D eigenvalue weighted by molar-refractivity contribution is 1.07. The van der Waals surface area contributed by atoms with Crippen LogP contribution in [0.25, 0.3) is 44.4 Å². The molecule has 6 heteroatoms. The second kappa shape index (κ2) is 14.3. The van der Waals surface area contributed by atoms with Gasteiger partial charge in [0, 0.05) is 22.1 Å². The Hall–Kier alpha value is -2.58. The maximum atomic E-state index is 5.28. The second-order valence-electron chi connectivity index (χ2n) is 10.9. The van der Waals surface area contributed by atoms with Gasteiger partial charge in [-0.05, 0) is 120 Å². The van der Waals surface area contributed by atoms with E-state index in [2.05, 4.69) is 99.7 Å². The number of aromatic nitrogens is 4. The molecular weight excluding hydrogens is 551 g/mol. The summed E-state index contributed by atoms with van der Waals surface area (Å²) in [6.07, 6.45) is 7.84. The van der Waals surface area contributed by atoms with Crippen LogP contribution in [-0.2, 0) is 25.7 Å². The van der Waals surface area contributed by atoms with Crippen molar-refractivity contribution in [2.45, 2.75) is 107 Å². The van der Waals surface area contributed by atoms with Gasteiger partial charge in [-0.2, -0.15) is 0 Å². The first kappa shape index (κ1) is 32.3. The Morgan fingerprint density at radius 2 is 0.690 bits per heavy atom. The second-order valence-corrected chi connectivity index (χ2v) is 10.9. The molecule has 0 atom stereocenters. The highest BCUT2D eigenvalue weighted by atomic mass is 35.6. The molecule has 5 heterocycles. The average Bonchev–Trinajstić information content (AvgIpc) is 3.73. The smallest absolute Gasteiger partial charge is 0.293 e. The van der Waals surface area contributed by atoms with Crippen molar-refractivity contribution in [1.29, 1.82) is 0 Å². The van der Waals surface area contributed by atoms with Gasteiger partial charge in [0.05, 0.1) is 22.8 Å². The molecule has 0 saturated carbocycles. The molecule has 3 aromatic heterocycles. The maximum absolute atomic E-state index is 5.28. The van der Waals surface area contributed by atoms with Crippen molar-refractivity contribution in [1.82, 2.24) is 19.9 Å². The van der Waals surface area contributed by atoms with Crippen molar-refractivity contribution in [2.75, 3.05) is 0 Å². The first-order valence-electron chi connectivity index (χ1n) is 15.9. The number of nitrogens with one attached hydrogen (secondary N) is 2. The molecule has 0 aliphatic carbocycles. The van der Waals surface area contributed by atoms with E-state index < -0.39 is 0 Å². The zero-order valence-corrected chi connectivity index (χ0v) is 28.7. The van der Waals surface area contributed by atoms with Crippen LogP contribution in [0, 0.1) is 0 Å². The Balaban J connectivity index is 0.00000198. The molecule has 42 heavy (non-hydrogen) atoms. The topological polar surface area (TPSA) is 57.4 Å². The number of nitrogens with zero attached hydrogens (tertiary/aromatic N) is 2. The van der Waals surface area contributed by atoms with Crippen LogP contribution in [0.5, 0.6) is 0 Å². The highest BCUT2D eigenvalue weighted by molar-refractivity contribution is 6.80. The monoisotopic (exact) mass is 596 g/mol. The summed E-state index contributed by atoms with van der Waals surface area (Å²) in [5, 5.41) is 0. The predicted molar refractivity (Wildman–Crippen MR) is 185 cm³/mol. The first-order chi connectivity index (χ1) is 20.5. The molecule has 2 radical (unpaired) electrons. The summed E-state index contributed by atoms with van der Waals surface area (Å²) in [5.41, 5.74) is 20.2. The van der Waals surface area contributed by atoms with Gasteiger partial charge in [-0.25, -0.2) is 9.97 Å². The van der Waals surface area contributed by atoms with Gasteiger partial charge in [0.15, 0.2) is 0 Å². The van der Waals surface area contributed by atoms with E-state index in [1.54, 1.807) is 0 Å². The summed E-state index contributed by atoms with van der Waals surface area (Å²) in [7, 11) is 4.56. The van der Waals surface area contributed by atoms with Crippen LogP contribution in [0.2, 0.25) is 0 Å². The zero-order valence-electron chi connectivity index (χ0n) is 26.8. The molecule has 0 spiro atoms. The van der Waals surface area contributed by atoms with E-state index in [0.717, 1.165) is 74.1 Å². The summed E-state index contributed by atoms with van der Waals surface area (Å²) < 4.78 is 0. The maximum Gasteiger partial charge on any atom is 0.293 e. The minimum atomic E-state index is 0.965. The van der Waals surface area contributed by atoms with Crippen molar-refractivity contribution in [3.05, 3.63) is 69.3 Å². The van der Waals surface area contributed by atoms with E-state index >= 15 is 0 Å². The molecule has 3 aromatic rings. The molecular formula is C36H46AlClN4. The molecule has 2 aliphatic heterocycles. The van der Waals surface area contributed by atoms with Crippen LogP contribution in [0.15, 0.2) is 24.3 Å². The first-order valence-corrected chi connectivity index (χ1v) is 17.7. The van der Waals surface area contributed by atoms with Gasteiger partial charge in [-0.3, -0.25) is 10.0 Å². The summed E-state index contributed by atoms with van der Waals surface area (Å²) in [6, 6.07) is 9.24. The fraction of sp³-hybridized carbons (Fsp3) is 0.444. The van der Waals surface area contributed by atoms with E-state index in [-0.39, 0.29) is 0 Å². The van der Waals surface area contributed by atoms with E-state index in [1.165, 1.54) is 66.6 Å². The number of rotatable bonds is 8. The van der Waals surface area contributed by atoms with Crippen molar-refractivity contribution >= 4 is 69.8 Å². The Bertz CT molecular complexity index is 1570. The third kappa shape index (κ3) is 5.69. The molecule has 8 bridgehead atoms. The highest BCUT2D eigenvalue weighted by Gasteiger charge is 2.22. The van der Waals surface area contributed by atoms with Crippen LogP contribution < -0.4 is 0 Å². The number of allylic oxidation sites excluding steroid dienone is 4. The van der Waals surface area contributed by atoms with Gasteiger partial charge in [-0.1, -0.05) is 55.4 Å². The normalized spacial score (nSPS) is 13.1. The summed E-state index contributed by atoms with van der Waals surface area (Å²) in [6.45, 7) is 18.1. The SMILES string of the molecule is CCC1=C(CC)c2cc3[nH]c(cc4[nH]c(cc5nc(cc1n2)C(CC)=C5CC)c(CC)c4CC)c(CC)c3CC.[Al][Cl]. The molecule has 4 nitrogen and oxygen atoms in total. The van der Waals surface area contributed by atoms with Gasteiger partial charge in [0.25, 0.3) is 15.4 Å². The summed E-state index contributed by atoms with van der Waals surface area (Å²) in [4.78, 5) is 18.2. The number of fused-ring (bicyclic) bond motifs is 8. The predicted octanol–water partition coefficient (Wildman–Crippen LogP) is 10.3. The Morgan fingerprint density at radius 1 is 0.429 bits per heavy atom. The summed E-state index contributed by atoms with van der Waals surface area (Å²) >= 11 is 1.89. The molecule has 2 N–H and O–H groups in total. The van der Waals surface area contributed by atoms with Crippen molar-refractivity contribution < 1.29 is 0 Å². The Kier molecular flexibility index (Phi) is 11.0. The fourth-order valence-electron chi connectivity index (χ4n) is 7.10. The van der Waals surface area contributed by atoms with E-state index in [4.69, 9.17) is 9.97 Å². The van der Waals surface area contributed by atoms with Gasteiger partial charge in [-0.15, -0.1) is 0 Å². The number of hydrogen-bond acceptors (Lipinski definition) is 2. The van der Waals surface area contributed by atoms with Crippen LogP contribution >= 0.6 is 10.0 Å². The highest BCUT2D eigenvalue weighted by Crippen LogP contribution is 2.39. The lowest BCUT2D eigenvalue weighted by Gasteiger charge is -2.04. The van der Waals surface area contributed by atoms with Crippen LogP contribution in [0.3, 0.4) is 0 Å². The van der Waals surface area contributed by atoms with Crippen molar-refractivity contribution in [2.24, 2.45) is 0 Å². The minimum absolute atomic E-state index is 0.965. The van der Waals surface area contributed by atoms with Crippen LogP contribution in [0.4, 0.5) is 0 Å². The number of hydrogen-bond donors (Lipinski definition) is 2. The zero-order chi connectivity index (χ0) is 30.6. The van der Waals surface area contributed by atoms with Gasteiger partial charge >= 0.3 is 0 Å².